The molecule has 4 nitrogen and oxygen atoms in total. The van der Waals surface area contributed by atoms with Gasteiger partial charge in [0.1, 0.15) is 23.2 Å². The highest BCUT2D eigenvalue weighted by molar-refractivity contribution is 6.30. The van der Waals surface area contributed by atoms with Crippen LogP contribution in [0.25, 0.3) is 17.4 Å². The molecule has 2 aromatic rings. The van der Waals surface area contributed by atoms with Gasteiger partial charge in [-0.15, -0.1) is 0 Å². The average Bonchev–Trinajstić information content (AvgIpc) is 3.03. The molecule has 0 saturated carbocycles. The number of nitrogens with zero attached hydrogens (tertiary/aromatic N) is 2. The van der Waals surface area contributed by atoms with E-state index in [2.05, 4.69) is 0 Å². The minimum Gasteiger partial charge on any atom is -0.457 e. The second-order valence-corrected chi connectivity index (χ2v) is 5.29. The first-order chi connectivity index (χ1) is 11.1. The van der Waals surface area contributed by atoms with Crippen molar-refractivity contribution in [2.45, 2.75) is 13.8 Å². The van der Waals surface area contributed by atoms with Crippen LogP contribution in [0.15, 0.2) is 46.4 Å². The molecule has 0 spiro atoms. The molecular weight excluding hydrogens is 312 g/mol. The third-order valence-electron chi connectivity index (χ3n) is 3.44. The van der Waals surface area contributed by atoms with E-state index in [1.54, 1.807) is 29.2 Å². The Labute approximate surface area is 140 Å². The maximum atomic E-state index is 12.2. The fourth-order valence-electron chi connectivity index (χ4n) is 2.16. The van der Waals surface area contributed by atoms with E-state index in [4.69, 9.17) is 16.0 Å². The molecule has 1 heterocycles. The maximum absolute atomic E-state index is 12.2. The summed E-state index contributed by atoms with van der Waals surface area (Å²) in [6, 6.07) is 12.7. The number of benzene rings is 1. The highest BCUT2D eigenvalue weighted by Gasteiger charge is 2.16. The summed E-state index contributed by atoms with van der Waals surface area (Å²) in [6.45, 7) is 4.87. The van der Waals surface area contributed by atoms with Gasteiger partial charge in [-0.2, -0.15) is 5.26 Å². The third kappa shape index (κ3) is 4.02. The molecule has 2 rings (SSSR count). The molecule has 23 heavy (non-hydrogen) atoms. The van der Waals surface area contributed by atoms with Gasteiger partial charge in [0.05, 0.1) is 0 Å². The van der Waals surface area contributed by atoms with Crippen LogP contribution >= 0.6 is 11.6 Å². The average molecular weight is 329 g/mol. The van der Waals surface area contributed by atoms with E-state index in [-0.39, 0.29) is 11.5 Å². The number of carbonyl (C=O) groups is 1. The number of carbonyl (C=O) groups excluding carboxylic acids is 1. The van der Waals surface area contributed by atoms with Gasteiger partial charge in [-0.25, -0.2) is 0 Å². The summed E-state index contributed by atoms with van der Waals surface area (Å²) in [7, 11) is 0. The van der Waals surface area contributed by atoms with E-state index in [1.807, 2.05) is 32.0 Å². The zero-order valence-corrected chi connectivity index (χ0v) is 13.8. The van der Waals surface area contributed by atoms with Crippen molar-refractivity contribution in [1.82, 2.24) is 4.90 Å². The third-order valence-corrected chi connectivity index (χ3v) is 3.70. The molecule has 5 heteroatoms. The Balaban J connectivity index is 2.27. The van der Waals surface area contributed by atoms with Gasteiger partial charge in [0, 0.05) is 29.8 Å². The Bertz CT molecular complexity index is 750. The lowest BCUT2D eigenvalue weighted by Crippen LogP contribution is -2.31. The monoisotopic (exact) mass is 328 g/mol. The molecule has 0 unspecified atom stereocenters. The summed E-state index contributed by atoms with van der Waals surface area (Å²) in [5.41, 5.74) is 0.938. The number of rotatable bonds is 5. The molecule has 1 aromatic heterocycles. The first-order valence-corrected chi connectivity index (χ1v) is 7.73. The van der Waals surface area contributed by atoms with Gasteiger partial charge in [-0.05, 0) is 50.2 Å². The number of furan rings is 1. The van der Waals surface area contributed by atoms with Crippen molar-refractivity contribution in [3.05, 3.63) is 52.8 Å². The zero-order valence-electron chi connectivity index (χ0n) is 13.0. The second-order valence-electron chi connectivity index (χ2n) is 4.86. The Morgan fingerprint density at radius 1 is 1.22 bits per heavy atom. The van der Waals surface area contributed by atoms with Crippen molar-refractivity contribution in [3.8, 4) is 17.4 Å². The van der Waals surface area contributed by atoms with Gasteiger partial charge in [-0.1, -0.05) is 11.6 Å². The second kappa shape index (κ2) is 7.66. The minimum atomic E-state index is -0.290. The van der Waals surface area contributed by atoms with Crippen LogP contribution in [0.2, 0.25) is 5.02 Å². The molecule has 118 valence electrons. The van der Waals surface area contributed by atoms with Crippen molar-refractivity contribution in [2.24, 2.45) is 0 Å². The number of nitriles is 1. The lowest BCUT2D eigenvalue weighted by atomic mass is 10.2. The highest BCUT2D eigenvalue weighted by Crippen LogP contribution is 2.25. The van der Waals surface area contributed by atoms with E-state index >= 15 is 0 Å². The summed E-state index contributed by atoms with van der Waals surface area (Å²) in [5, 5.41) is 9.88. The number of halogens is 1. The van der Waals surface area contributed by atoms with Crippen LogP contribution in [0, 0.1) is 11.3 Å². The number of amides is 1. The van der Waals surface area contributed by atoms with Crippen LogP contribution in [-0.4, -0.2) is 23.9 Å². The Morgan fingerprint density at radius 2 is 1.87 bits per heavy atom. The summed E-state index contributed by atoms with van der Waals surface area (Å²) in [4.78, 5) is 13.8. The fourth-order valence-corrected chi connectivity index (χ4v) is 2.29. The molecule has 1 aromatic carbocycles. The fraction of sp³-hybridized carbons (Fsp3) is 0.222. The molecule has 0 bridgehead atoms. The van der Waals surface area contributed by atoms with Gasteiger partial charge < -0.3 is 9.32 Å². The van der Waals surface area contributed by atoms with Gasteiger partial charge in [0.25, 0.3) is 5.91 Å². The first-order valence-electron chi connectivity index (χ1n) is 7.35. The van der Waals surface area contributed by atoms with Crippen LogP contribution in [0.5, 0.6) is 0 Å². The van der Waals surface area contributed by atoms with Gasteiger partial charge in [0.15, 0.2) is 0 Å². The first kappa shape index (κ1) is 16.9. The summed E-state index contributed by atoms with van der Waals surface area (Å²) in [6.07, 6.45) is 1.47. The molecule has 0 fully saturated rings. The SMILES string of the molecule is CCN(CC)C(=O)C(C#N)=Cc1ccc(-c2ccc(Cl)cc2)o1. The van der Waals surface area contributed by atoms with Gasteiger partial charge >= 0.3 is 0 Å². The number of likely N-dealkylation sites (N-methyl/N-ethyl adjacent to an activating group) is 1. The normalized spacial score (nSPS) is 11.1. The lowest BCUT2D eigenvalue weighted by molar-refractivity contribution is -0.126. The summed E-state index contributed by atoms with van der Waals surface area (Å²) >= 11 is 5.87. The predicted octanol–water partition coefficient (Wildman–Crippen LogP) is 4.38. The molecule has 0 N–H and O–H groups in total. The molecule has 0 atom stereocenters. The smallest absolute Gasteiger partial charge is 0.264 e. The molecule has 0 aliphatic heterocycles. The Kier molecular flexibility index (Phi) is 5.61. The van der Waals surface area contributed by atoms with E-state index in [1.165, 1.54) is 6.08 Å². The van der Waals surface area contributed by atoms with E-state index in [0.717, 1.165) is 5.56 Å². The molecule has 1 amide bonds. The van der Waals surface area contributed by atoms with E-state index in [9.17, 15) is 10.1 Å². The van der Waals surface area contributed by atoms with Crippen LogP contribution in [-0.2, 0) is 4.79 Å². The summed E-state index contributed by atoms with van der Waals surface area (Å²) in [5.74, 6) is 0.828. The van der Waals surface area contributed by atoms with Crippen LogP contribution in [0.4, 0.5) is 0 Å². The zero-order chi connectivity index (χ0) is 16.8. The van der Waals surface area contributed by atoms with E-state index in [0.29, 0.717) is 29.6 Å². The molecular formula is C18H17ClN2O2. The highest BCUT2D eigenvalue weighted by atomic mass is 35.5. The van der Waals surface area contributed by atoms with Crippen LogP contribution in [0.3, 0.4) is 0 Å². The van der Waals surface area contributed by atoms with Crippen LogP contribution < -0.4 is 0 Å². The largest absolute Gasteiger partial charge is 0.457 e. The number of hydrogen-bond acceptors (Lipinski definition) is 3. The maximum Gasteiger partial charge on any atom is 0.264 e. The summed E-state index contributed by atoms with van der Waals surface area (Å²) < 4.78 is 5.70. The topological polar surface area (TPSA) is 57.2 Å². The van der Waals surface area contributed by atoms with Crippen molar-refractivity contribution >= 4 is 23.6 Å². The Hall–Kier alpha value is -2.51. The standard InChI is InChI=1S/C18H17ClN2O2/c1-3-21(4-2)18(22)14(12-20)11-16-9-10-17(23-16)13-5-7-15(19)8-6-13/h5-11H,3-4H2,1-2H3. The van der Waals surface area contributed by atoms with Crippen LogP contribution in [0.1, 0.15) is 19.6 Å². The van der Waals surface area contributed by atoms with Gasteiger partial charge in [0.2, 0.25) is 0 Å². The molecule has 0 saturated heterocycles. The molecule has 0 aliphatic rings. The van der Waals surface area contributed by atoms with Crippen molar-refractivity contribution in [3.63, 3.8) is 0 Å². The van der Waals surface area contributed by atoms with Crippen molar-refractivity contribution < 1.29 is 9.21 Å². The molecule has 0 radical (unpaired) electrons. The Morgan fingerprint density at radius 3 is 2.43 bits per heavy atom. The van der Waals surface area contributed by atoms with Crippen molar-refractivity contribution in [1.29, 1.82) is 5.26 Å². The molecule has 0 aliphatic carbocycles. The quantitative estimate of drug-likeness (QED) is 0.604. The lowest BCUT2D eigenvalue weighted by Gasteiger charge is -2.17. The van der Waals surface area contributed by atoms with Gasteiger partial charge in [-0.3, -0.25) is 4.79 Å². The van der Waals surface area contributed by atoms with Crippen molar-refractivity contribution in [2.75, 3.05) is 13.1 Å². The number of hydrogen-bond donors (Lipinski definition) is 0. The minimum absolute atomic E-state index is 0.0608. The van der Waals surface area contributed by atoms with E-state index < -0.39 is 0 Å². The predicted molar refractivity (Wildman–Crippen MR) is 90.7 cm³/mol.